The minimum absolute atomic E-state index is 0.0703. The molecule has 1 unspecified atom stereocenters. The lowest BCUT2D eigenvalue weighted by molar-refractivity contribution is -0.123. The van der Waals surface area contributed by atoms with Crippen LogP contribution < -0.4 is 0 Å². The molecule has 2 nitrogen and oxygen atoms in total. The third-order valence-corrected chi connectivity index (χ3v) is 10.1. The molecule has 0 rings (SSSR count). The molecule has 0 aromatic rings. The van der Waals surface area contributed by atoms with Crippen molar-refractivity contribution in [3.05, 3.63) is 0 Å². The van der Waals surface area contributed by atoms with Gasteiger partial charge in [-0.3, -0.25) is 4.79 Å². The van der Waals surface area contributed by atoms with Crippen LogP contribution in [-0.4, -0.2) is 27.1 Å². The van der Waals surface area contributed by atoms with E-state index in [1.165, 1.54) is 24.2 Å². The van der Waals surface area contributed by atoms with Gasteiger partial charge in [-0.25, -0.2) is 0 Å². The van der Waals surface area contributed by atoms with Crippen molar-refractivity contribution in [3.8, 4) is 0 Å². The quantitative estimate of drug-likeness (QED) is 0.435. The molecule has 17 heavy (non-hydrogen) atoms. The topological polar surface area (TPSA) is 26.3 Å². The summed E-state index contributed by atoms with van der Waals surface area (Å²) in [5.41, 5.74) is 0. The summed E-state index contributed by atoms with van der Waals surface area (Å²) in [7, 11) is -1.03. The van der Waals surface area contributed by atoms with Gasteiger partial charge in [0.2, 0.25) is 0 Å². The molecular formula is C14H30O2Si. The van der Waals surface area contributed by atoms with E-state index in [2.05, 4.69) is 20.8 Å². The number of carbonyl (C=O) groups is 1. The second-order valence-corrected chi connectivity index (χ2v) is 10.7. The minimum Gasteiger partial charge on any atom is -0.381 e. The molecule has 0 aromatic heterocycles. The summed E-state index contributed by atoms with van der Waals surface area (Å²) >= 11 is 0. The molecule has 102 valence electrons. The van der Waals surface area contributed by atoms with Crippen LogP contribution in [0.1, 0.15) is 41.0 Å². The van der Waals surface area contributed by atoms with Gasteiger partial charge in [0.15, 0.2) is 0 Å². The molecule has 1 atom stereocenters. The van der Waals surface area contributed by atoms with Crippen molar-refractivity contribution in [2.24, 2.45) is 5.92 Å². The zero-order valence-corrected chi connectivity index (χ0v) is 13.3. The highest BCUT2D eigenvalue weighted by Crippen LogP contribution is 2.24. The molecule has 0 bridgehead atoms. The number of rotatable bonds is 10. The summed E-state index contributed by atoms with van der Waals surface area (Å²) in [6, 6.07) is 5.32. The summed E-state index contributed by atoms with van der Waals surface area (Å²) in [4.78, 5) is 11.4. The van der Waals surface area contributed by atoms with Gasteiger partial charge in [0.05, 0.1) is 14.7 Å². The van der Waals surface area contributed by atoms with E-state index in [1.807, 2.05) is 13.8 Å². The smallest absolute Gasteiger partial charge is 0.137 e. The van der Waals surface area contributed by atoms with Crippen LogP contribution in [-0.2, 0) is 9.53 Å². The van der Waals surface area contributed by atoms with Crippen molar-refractivity contribution in [2.75, 3.05) is 13.2 Å². The van der Waals surface area contributed by atoms with Gasteiger partial charge in [-0.05, 0) is 6.04 Å². The van der Waals surface area contributed by atoms with Gasteiger partial charge in [-0.2, -0.15) is 0 Å². The largest absolute Gasteiger partial charge is 0.381 e. The summed E-state index contributed by atoms with van der Waals surface area (Å²) in [6.45, 7) is 12.3. The maximum Gasteiger partial charge on any atom is 0.137 e. The molecule has 0 saturated heterocycles. The number of carbonyl (C=O) groups excluding carboxylic acids is 1. The molecule has 0 aliphatic carbocycles. The Labute approximate surface area is 108 Å². The van der Waals surface area contributed by atoms with E-state index in [0.717, 1.165) is 6.61 Å². The van der Waals surface area contributed by atoms with Crippen molar-refractivity contribution in [1.29, 1.82) is 0 Å². The van der Waals surface area contributed by atoms with Gasteiger partial charge in [-0.15, -0.1) is 0 Å². The van der Waals surface area contributed by atoms with Crippen LogP contribution in [0.25, 0.3) is 0 Å². The van der Waals surface area contributed by atoms with Crippen molar-refractivity contribution in [1.82, 2.24) is 0 Å². The van der Waals surface area contributed by atoms with E-state index in [0.29, 0.717) is 18.8 Å². The predicted molar refractivity (Wildman–Crippen MR) is 77.3 cm³/mol. The standard InChI is InChI=1S/C14H30O2Si/c1-6-14(15)13(5)12-16-10-11-17(7-2,8-3)9-4/h13H,6-12H2,1-5H3. The molecular weight excluding hydrogens is 228 g/mol. The van der Waals surface area contributed by atoms with E-state index in [1.54, 1.807) is 0 Å². The lowest BCUT2D eigenvalue weighted by Gasteiger charge is -2.28. The highest BCUT2D eigenvalue weighted by Gasteiger charge is 2.26. The number of ether oxygens (including phenoxy) is 1. The lowest BCUT2D eigenvalue weighted by atomic mass is 10.1. The molecule has 0 saturated carbocycles. The van der Waals surface area contributed by atoms with Crippen molar-refractivity contribution >= 4 is 13.9 Å². The van der Waals surface area contributed by atoms with E-state index < -0.39 is 8.07 Å². The molecule has 0 aliphatic heterocycles. The summed E-state index contributed by atoms with van der Waals surface area (Å²) in [6.07, 6.45) is 0.627. The Balaban J connectivity index is 3.87. The molecule has 0 radical (unpaired) electrons. The second kappa shape index (κ2) is 8.87. The Kier molecular flexibility index (Phi) is 8.79. The van der Waals surface area contributed by atoms with Crippen LogP contribution in [0.3, 0.4) is 0 Å². The highest BCUT2D eigenvalue weighted by atomic mass is 28.3. The maximum absolute atomic E-state index is 11.4. The summed E-state index contributed by atoms with van der Waals surface area (Å²) < 4.78 is 5.69. The maximum atomic E-state index is 11.4. The van der Waals surface area contributed by atoms with Crippen LogP contribution >= 0.6 is 0 Å². The molecule has 0 aliphatic rings. The van der Waals surface area contributed by atoms with Crippen molar-refractivity contribution in [3.63, 3.8) is 0 Å². The van der Waals surface area contributed by atoms with E-state index in [-0.39, 0.29) is 5.92 Å². The van der Waals surface area contributed by atoms with Gasteiger partial charge >= 0.3 is 0 Å². The first-order valence-corrected chi connectivity index (χ1v) is 9.98. The molecule has 3 heteroatoms. The van der Waals surface area contributed by atoms with Gasteiger partial charge < -0.3 is 4.74 Å². The highest BCUT2D eigenvalue weighted by molar-refractivity contribution is 6.79. The minimum atomic E-state index is -1.03. The number of Topliss-reactive ketones (excluding diaryl/α,β-unsaturated/α-hetero) is 1. The Hall–Kier alpha value is -0.153. The molecule has 0 fully saturated rings. The average molecular weight is 258 g/mol. The fraction of sp³-hybridized carbons (Fsp3) is 0.929. The summed E-state index contributed by atoms with van der Waals surface area (Å²) in [5, 5.41) is 0. The molecule has 0 heterocycles. The molecule has 0 amide bonds. The fourth-order valence-electron chi connectivity index (χ4n) is 2.27. The van der Waals surface area contributed by atoms with Crippen LogP contribution in [0.2, 0.25) is 24.2 Å². The van der Waals surface area contributed by atoms with Crippen LogP contribution in [0.4, 0.5) is 0 Å². The Morgan fingerprint density at radius 2 is 1.65 bits per heavy atom. The Morgan fingerprint density at radius 3 is 2.06 bits per heavy atom. The van der Waals surface area contributed by atoms with Gasteiger partial charge in [0, 0.05) is 18.9 Å². The zero-order chi connectivity index (χ0) is 13.3. The molecule has 0 spiro atoms. The van der Waals surface area contributed by atoms with Crippen LogP contribution in [0.15, 0.2) is 0 Å². The Morgan fingerprint density at radius 1 is 1.12 bits per heavy atom. The molecule has 0 N–H and O–H groups in total. The molecule has 0 aromatic carbocycles. The SMILES string of the molecule is CCC(=O)C(C)COCC[Si](CC)(CC)CC. The van der Waals surface area contributed by atoms with Crippen LogP contribution in [0.5, 0.6) is 0 Å². The van der Waals surface area contributed by atoms with Crippen molar-refractivity contribution in [2.45, 2.75) is 65.2 Å². The first-order valence-electron chi connectivity index (χ1n) is 7.15. The lowest BCUT2D eigenvalue weighted by Crippen LogP contribution is -2.33. The fourth-order valence-corrected chi connectivity index (χ4v) is 5.41. The Bertz CT molecular complexity index is 204. The first kappa shape index (κ1) is 16.8. The van der Waals surface area contributed by atoms with E-state index in [9.17, 15) is 4.79 Å². The number of hydrogen-bond acceptors (Lipinski definition) is 2. The van der Waals surface area contributed by atoms with Crippen molar-refractivity contribution < 1.29 is 9.53 Å². The normalized spacial score (nSPS) is 13.7. The summed E-state index contributed by atoms with van der Waals surface area (Å²) in [5.74, 6) is 0.385. The van der Waals surface area contributed by atoms with E-state index >= 15 is 0 Å². The van der Waals surface area contributed by atoms with E-state index in [4.69, 9.17) is 4.74 Å². The third-order valence-electron chi connectivity index (χ3n) is 4.29. The number of hydrogen-bond donors (Lipinski definition) is 0. The van der Waals surface area contributed by atoms with Gasteiger partial charge in [-0.1, -0.05) is 52.8 Å². The first-order chi connectivity index (χ1) is 8.05. The van der Waals surface area contributed by atoms with Crippen LogP contribution in [0, 0.1) is 5.92 Å². The monoisotopic (exact) mass is 258 g/mol. The second-order valence-electron chi connectivity index (χ2n) is 5.11. The van der Waals surface area contributed by atoms with Gasteiger partial charge in [0.25, 0.3) is 0 Å². The zero-order valence-electron chi connectivity index (χ0n) is 12.3. The third kappa shape index (κ3) is 5.82. The predicted octanol–water partition coefficient (Wildman–Crippen LogP) is 4.13. The van der Waals surface area contributed by atoms with Gasteiger partial charge in [0.1, 0.15) is 5.78 Å². The number of ketones is 1. The average Bonchev–Trinajstić information content (AvgIpc) is 2.38.